The largest absolute Gasteiger partial charge is 0.369 e. The van der Waals surface area contributed by atoms with Gasteiger partial charge in [-0.2, -0.15) is 0 Å². The predicted molar refractivity (Wildman–Crippen MR) is 87.7 cm³/mol. The van der Waals surface area contributed by atoms with E-state index in [1.165, 1.54) is 37.6 Å². The van der Waals surface area contributed by atoms with E-state index in [1.54, 1.807) is 0 Å². The molecule has 0 spiro atoms. The number of fused-ring (bicyclic) bond motifs is 1. The van der Waals surface area contributed by atoms with E-state index in [4.69, 9.17) is 5.73 Å². The minimum atomic E-state index is 0.487. The summed E-state index contributed by atoms with van der Waals surface area (Å²) in [5.41, 5.74) is 8.38. The second-order valence-electron chi connectivity index (χ2n) is 5.85. The Hall–Kier alpha value is -1.03. The minimum Gasteiger partial charge on any atom is -0.369 e. The highest BCUT2D eigenvalue weighted by molar-refractivity contribution is 9.10. The summed E-state index contributed by atoms with van der Waals surface area (Å²) in [5, 5.41) is 0. The van der Waals surface area contributed by atoms with Crippen LogP contribution in [0.25, 0.3) is 11.0 Å². The van der Waals surface area contributed by atoms with Gasteiger partial charge in [0, 0.05) is 10.5 Å². The van der Waals surface area contributed by atoms with E-state index >= 15 is 0 Å². The van der Waals surface area contributed by atoms with Crippen LogP contribution in [0.2, 0.25) is 0 Å². The van der Waals surface area contributed by atoms with Gasteiger partial charge in [-0.05, 0) is 43.4 Å². The van der Waals surface area contributed by atoms with Gasteiger partial charge in [-0.25, -0.2) is 4.98 Å². The number of imidazole rings is 1. The van der Waals surface area contributed by atoms with Crippen LogP contribution >= 0.6 is 15.9 Å². The molecule has 1 aliphatic carbocycles. The molecular weight excluding hydrogens is 314 g/mol. The van der Waals surface area contributed by atoms with Crippen molar-refractivity contribution < 1.29 is 0 Å². The number of benzene rings is 1. The van der Waals surface area contributed by atoms with Crippen molar-refractivity contribution in [3.63, 3.8) is 0 Å². The highest BCUT2D eigenvalue weighted by atomic mass is 79.9. The van der Waals surface area contributed by atoms with Crippen LogP contribution in [0.15, 0.2) is 22.7 Å². The van der Waals surface area contributed by atoms with Gasteiger partial charge in [0.05, 0.1) is 11.0 Å². The van der Waals surface area contributed by atoms with Crippen LogP contribution in [0, 0.1) is 5.92 Å². The molecule has 0 radical (unpaired) electrons. The maximum Gasteiger partial charge on any atom is 0.201 e. The first-order chi connectivity index (χ1) is 9.70. The molecule has 3 nitrogen and oxygen atoms in total. The van der Waals surface area contributed by atoms with Crippen LogP contribution in [0.1, 0.15) is 51.5 Å². The van der Waals surface area contributed by atoms with Crippen LogP contribution < -0.4 is 5.73 Å². The lowest BCUT2D eigenvalue weighted by Crippen LogP contribution is -2.22. The summed E-state index contributed by atoms with van der Waals surface area (Å²) in [7, 11) is 0. The van der Waals surface area contributed by atoms with E-state index in [1.807, 2.05) is 0 Å². The van der Waals surface area contributed by atoms with Gasteiger partial charge < -0.3 is 10.3 Å². The quantitative estimate of drug-likeness (QED) is 0.865. The Morgan fingerprint density at radius 1 is 1.35 bits per heavy atom. The Kier molecular flexibility index (Phi) is 4.01. The van der Waals surface area contributed by atoms with Crippen molar-refractivity contribution in [1.82, 2.24) is 9.55 Å². The third kappa shape index (κ3) is 2.46. The molecule has 1 aliphatic rings. The number of anilines is 1. The first-order valence-electron chi connectivity index (χ1n) is 7.63. The zero-order valence-electron chi connectivity index (χ0n) is 12.0. The fourth-order valence-electron chi connectivity index (χ4n) is 3.68. The van der Waals surface area contributed by atoms with Crippen molar-refractivity contribution in [2.75, 3.05) is 5.73 Å². The van der Waals surface area contributed by atoms with Crippen molar-refractivity contribution in [1.29, 1.82) is 0 Å². The summed E-state index contributed by atoms with van der Waals surface area (Å²) in [6, 6.07) is 6.75. The Bertz CT molecular complexity index is 599. The lowest BCUT2D eigenvalue weighted by Gasteiger charge is -2.31. The predicted octanol–water partition coefficient (Wildman–Crippen LogP) is 4.91. The SMILES string of the molecule is CCC(C1CCCCC1)n1c(N)nc2cc(Br)ccc21. The molecule has 1 aromatic heterocycles. The van der Waals surface area contributed by atoms with Gasteiger partial charge >= 0.3 is 0 Å². The number of hydrogen-bond donors (Lipinski definition) is 1. The highest BCUT2D eigenvalue weighted by Gasteiger charge is 2.26. The maximum absolute atomic E-state index is 6.22. The molecule has 2 N–H and O–H groups in total. The van der Waals surface area contributed by atoms with Crippen LogP contribution in [0.4, 0.5) is 5.95 Å². The lowest BCUT2D eigenvalue weighted by atomic mass is 9.82. The van der Waals surface area contributed by atoms with Gasteiger partial charge in [-0.3, -0.25) is 0 Å². The van der Waals surface area contributed by atoms with Crippen LogP contribution in [0.5, 0.6) is 0 Å². The van der Waals surface area contributed by atoms with Crippen LogP contribution in [-0.4, -0.2) is 9.55 Å². The van der Waals surface area contributed by atoms with Gasteiger partial charge in [-0.15, -0.1) is 0 Å². The molecule has 0 aliphatic heterocycles. The van der Waals surface area contributed by atoms with E-state index < -0.39 is 0 Å². The highest BCUT2D eigenvalue weighted by Crippen LogP contribution is 2.38. The molecule has 1 heterocycles. The first-order valence-corrected chi connectivity index (χ1v) is 8.43. The Labute approximate surface area is 128 Å². The van der Waals surface area contributed by atoms with Crippen molar-refractivity contribution in [3.8, 4) is 0 Å². The topological polar surface area (TPSA) is 43.8 Å². The van der Waals surface area contributed by atoms with Gasteiger partial charge in [0.1, 0.15) is 0 Å². The number of aromatic nitrogens is 2. The Morgan fingerprint density at radius 3 is 2.80 bits per heavy atom. The number of rotatable bonds is 3. The number of hydrogen-bond acceptors (Lipinski definition) is 2. The Balaban J connectivity index is 2.04. The molecule has 3 rings (SSSR count). The van der Waals surface area contributed by atoms with Crippen molar-refractivity contribution in [2.24, 2.45) is 5.92 Å². The normalized spacial score (nSPS) is 18.5. The average Bonchev–Trinajstić information content (AvgIpc) is 2.77. The molecule has 1 fully saturated rings. The molecule has 1 atom stereocenters. The third-order valence-corrected chi connectivity index (χ3v) is 5.12. The van der Waals surface area contributed by atoms with E-state index in [2.05, 4.69) is 50.6 Å². The molecule has 0 saturated heterocycles. The van der Waals surface area contributed by atoms with Gasteiger partial charge in [-0.1, -0.05) is 42.1 Å². The molecule has 0 amide bonds. The van der Waals surface area contributed by atoms with Crippen LogP contribution in [-0.2, 0) is 0 Å². The number of halogens is 1. The Morgan fingerprint density at radius 2 is 2.10 bits per heavy atom. The molecule has 0 bridgehead atoms. The molecule has 1 unspecified atom stereocenters. The fraction of sp³-hybridized carbons (Fsp3) is 0.562. The monoisotopic (exact) mass is 335 g/mol. The second kappa shape index (κ2) is 5.76. The van der Waals surface area contributed by atoms with Crippen molar-refractivity contribution >= 4 is 32.9 Å². The second-order valence-corrected chi connectivity index (χ2v) is 6.76. The number of nitrogens with zero attached hydrogens (tertiary/aromatic N) is 2. The van der Waals surface area contributed by atoms with E-state index in [-0.39, 0.29) is 0 Å². The van der Waals surface area contributed by atoms with Crippen LogP contribution in [0.3, 0.4) is 0 Å². The maximum atomic E-state index is 6.22. The summed E-state index contributed by atoms with van der Waals surface area (Å²) in [6.07, 6.45) is 7.89. The first kappa shape index (κ1) is 13.9. The molecule has 1 aromatic carbocycles. The third-order valence-electron chi connectivity index (χ3n) is 4.62. The summed E-state index contributed by atoms with van der Waals surface area (Å²) in [5.74, 6) is 1.41. The fourth-order valence-corrected chi connectivity index (χ4v) is 4.03. The smallest absolute Gasteiger partial charge is 0.201 e. The standard InChI is InChI=1S/C16H22BrN3/c1-2-14(11-6-4-3-5-7-11)20-15-9-8-12(17)10-13(15)19-16(20)18/h8-11,14H,2-7H2,1H3,(H2,18,19). The summed E-state index contributed by atoms with van der Waals surface area (Å²) in [6.45, 7) is 2.27. The molecule has 20 heavy (non-hydrogen) atoms. The minimum absolute atomic E-state index is 0.487. The van der Waals surface area contributed by atoms with Gasteiger partial charge in [0.15, 0.2) is 0 Å². The van der Waals surface area contributed by atoms with Crippen molar-refractivity contribution in [2.45, 2.75) is 51.5 Å². The van der Waals surface area contributed by atoms with E-state index in [9.17, 15) is 0 Å². The van der Waals surface area contributed by atoms with Crippen molar-refractivity contribution in [3.05, 3.63) is 22.7 Å². The summed E-state index contributed by atoms with van der Waals surface area (Å²) >= 11 is 3.51. The number of nitrogens with two attached hydrogens (primary N) is 1. The van der Waals surface area contributed by atoms with Gasteiger partial charge in [0.2, 0.25) is 5.95 Å². The zero-order valence-corrected chi connectivity index (χ0v) is 13.6. The average molecular weight is 336 g/mol. The zero-order chi connectivity index (χ0) is 14.1. The van der Waals surface area contributed by atoms with E-state index in [0.29, 0.717) is 12.0 Å². The summed E-state index contributed by atoms with van der Waals surface area (Å²) in [4.78, 5) is 4.55. The lowest BCUT2D eigenvalue weighted by molar-refractivity contribution is 0.249. The van der Waals surface area contributed by atoms with E-state index in [0.717, 1.165) is 22.3 Å². The number of nitrogen functional groups attached to an aromatic ring is 1. The molecule has 1 saturated carbocycles. The summed E-state index contributed by atoms with van der Waals surface area (Å²) < 4.78 is 3.33. The molecular formula is C16H22BrN3. The molecule has 108 valence electrons. The molecule has 4 heteroatoms. The van der Waals surface area contributed by atoms with Gasteiger partial charge in [0.25, 0.3) is 0 Å². The molecule has 2 aromatic rings.